The Morgan fingerprint density at radius 2 is 2.00 bits per heavy atom. The van der Waals surface area contributed by atoms with Gasteiger partial charge in [-0.05, 0) is 12.1 Å². The maximum atomic E-state index is 10.8. The molecule has 0 atom stereocenters. The number of nitrogens with zero attached hydrogens (tertiary/aromatic N) is 1. The van der Waals surface area contributed by atoms with Crippen molar-refractivity contribution in [1.82, 2.24) is 4.98 Å². The summed E-state index contributed by atoms with van der Waals surface area (Å²) in [5, 5.41) is 4.70. The van der Waals surface area contributed by atoms with Gasteiger partial charge in [0.25, 0.3) is 10.0 Å². The molecule has 0 radical (unpaired) electrons. The maximum Gasteiger partial charge on any atom is 0.255 e. The topological polar surface area (TPSA) is 99.1 Å². The molecule has 0 aliphatic carbocycles. The molecule has 0 aromatic carbocycles. The van der Waals surface area contributed by atoms with E-state index in [1.807, 2.05) is 0 Å². The van der Waals surface area contributed by atoms with Gasteiger partial charge >= 0.3 is 0 Å². The number of pyridine rings is 1. The summed E-state index contributed by atoms with van der Waals surface area (Å²) >= 11 is 0. The van der Waals surface area contributed by atoms with Gasteiger partial charge < -0.3 is 5.73 Å². The molecule has 0 bridgehead atoms. The molecule has 4 N–H and O–H groups in total. The second kappa shape index (κ2) is 4.52. The van der Waals surface area contributed by atoms with Gasteiger partial charge in [-0.3, -0.25) is 0 Å². The monoisotopic (exact) mass is 223 g/mol. The molecule has 0 amide bonds. The molecule has 13 heavy (non-hydrogen) atoms. The van der Waals surface area contributed by atoms with Gasteiger partial charge in [0.1, 0.15) is 0 Å². The molecule has 0 aliphatic heterocycles. The van der Waals surface area contributed by atoms with Crippen LogP contribution in [-0.2, 0) is 16.6 Å². The first-order valence-electron chi connectivity index (χ1n) is 3.23. The van der Waals surface area contributed by atoms with Crippen LogP contribution < -0.4 is 10.9 Å². The average molecular weight is 224 g/mol. The third-order valence-corrected chi connectivity index (χ3v) is 2.09. The Bertz CT molecular complexity index is 379. The largest absolute Gasteiger partial charge is 0.325 e. The van der Waals surface area contributed by atoms with Crippen molar-refractivity contribution < 1.29 is 8.42 Å². The number of hydrogen-bond acceptors (Lipinski definition) is 4. The Morgan fingerprint density at radius 3 is 2.46 bits per heavy atom. The smallest absolute Gasteiger partial charge is 0.255 e. The molecule has 0 fully saturated rings. The van der Waals surface area contributed by atoms with E-state index in [9.17, 15) is 8.42 Å². The summed E-state index contributed by atoms with van der Waals surface area (Å²) in [6.45, 7) is 0.198. The van der Waals surface area contributed by atoms with Gasteiger partial charge in [0, 0.05) is 6.54 Å². The van der Waals surface area contributed by atoms with Gasteiger partial charge in [-0.25, -0.2) is 18.5 Å². The first-order chi connectivity index (χ1) is 5.54. The summed E-state index contributed by atoms with van der Waals surface area (Å²) in [5.41, 5.74) is 5.77. The lowest BCUT2D eigenvalue weighted by Gasteiger charge is -1.98. The van der Waals surface area contributed by atoms with Crippen molar-refractivity contribution in [3.05, 3.63) is 23.9 Å². The number of sulfonamides is 1. The predicted molar refractivity (Wildman–Crippen MR) is 50.7 cm³/mol. The first-order valence-corrected chi connectivity index (χ1v) is 4.77. The summed E-state index contributed by atoms with van der Waals surface area (Å²) in [5.74, 6) is 0. The Morgan fingerprint density at radius 1 is 1.38 bits per heavy atom. The van der Waals surface area contributed by atoms with E-state index in [0.717, 1.165) is 0 Å². The zero-order valence-corrected chi connectivity index (χ0v) is 8.31. The lowest BCUT2D eigenvalue weighted by molar-refractivity contribution is 0.593. The third kappa shape index (κ3) is 3.27. The summed E-state index contributed by atoms with van der Waals surface area (Å²) in [6, 6.07) is 4.51. The second-order valence-electron chi connectivity index (χ2n) is 2.22. The van der Waals surface area contributed by atoms with Crippen molar-refractivity contribution in [3.63, 3.8) is 0 Å². The van der Waals surface area contributed by atoms with Gasteiger partial charge in [0.15, 0.2) is 5.03 Å². The zero-order valence-electron chi connectivity index (χ0n) is 6.67. The minimum absolute atomic E-state index is 0. The highest BCUT2D eigenvalue weighted by Gasteiger charge is 2.08. The fourth-order valence-electron chi connectivity index (χ4n) is 0.730. The minimum atomic E-state index is -3.70. The van der Waals surface area contributed by atoms with Crippen LogP contribution in [0.25, 0.3) is 0 Å². The summed E-state index contributed by atoms with van der Waals surface area (Å²) in [6.07, 6.45) is 0. The quantitative estimate of drug-likeness (QED) is 0.713. The Hall–Kier alpha value is -0.690. The summed E-state index contributed by atoms with van der Waals surface area (Å²) in [7, 11) is -3.70. The molecule has 1 heterocycles. The van der Waals surface area contributed by atoms with Crippen LogP contribution in [0.4, 0.5) is 0 Å². The normalized spacial score (nSPS) is 10.6. The number of hydrogen-bond donors (Lipinski definition) is 2. The van der Waals surface area contributed by atoms with Gasteiger partial charge in [-0.1, -0.05) is 6.07 Å². The Kier molecular flexibility index (Phi) is 4.28. The van der Waals surface area contributed by atoms with Crippen molar-refractivity contribution in [1.29, 1.82) is 0 Å². The van der Waals surface area contributed by atoms with Gasteiger partial charge in [0.05, 0.1) is 5.69 Å². The van der Waals surface area contributed by atoms with Gasteiger partial charge in [-0.15, -0.1) is 12.4 Å². The fourth-order valence-corrected chi connectivity index (χ4v) is 1.24. The van der Waals surface area contributed by atoms with E-state index in [4.69, 9.17) is 10.9 Å². The van der Waals surface area contributed by atoms with Crippen molar-refractivity contribution in [2.24, 2.45) is 10.9 Å². The van der Waals surface area contributed by atoms with Crippen LogP contribution in [0.1, 0.15) is 5.69 Å². The van der Waals surface area contributed by atoms with Gasteiger partial charge in [0.2, 0.25) is 0 Å². The molecule has 5 nitrogen and oxygen atoms in total. The molecule has 1 aromatic heterocycles. The van der Waals surface area contributed by atoms with Crippen molar-refractivity contribution in [3.8, 4) is 0 Å². The summed E-state index contributed by atoms with van der Waals surface area (Å²) in [4.78, 5) is 3.72. The van der Waals surface area contributed by atoms with E-state index >= 15 is 0 Å². The lowest BCUT2D eigenvalue weighted by Crippen LogP contribution is -2.15. The molecule has 0 aliphatic rings. The zero-order chi connectivity index (χ0) is 9.19. The maximum absolute atomic E-state index is 10.8. The first kappa shape index (κ1) is 12.3. The average Bonchev–Trinajstić information content (AvgIpc) is 2.03. The number of nitrogens with two attached hydrogens (primary N) is 2. The number of primary sulfonamides is 1. The van der Waals surface area contributed by atoms with Crippen molar-refractivity contribution in [2.45, 2.75) is 11.6 Å². The van der Waals surface area contributed by atoms with Crippen LogP contribution >= 0.6 is 12.4 Å². The molecule has 1 rings (SSSR count). The molecule has 7 heteroatoms. The van der Waals surface area contributed by atoms with Crippen LogP contribution in [0, 0.1) is 0 Å². The van der Waals surface area contributed by atoms with Gasteiger partial charge in [-0.2, -0.15) is 0 Å². The van der Waals surface area contributed by atoms with E-state index in [-0.39, 0.29) is 24.0 Å². The fraction of sp³-hybridized carbons (Fsp3) is 0.167. The Labute approximate surface area is 82.6 Å². The second-order valence-corrected chi connectivity index (χ2v) is 3.72. The molecule has 74 valence electrons. The molecule has 0 spiro atoms. The SMILES string of the molecule is Cl.NCc1cccc(S(N)(=O)=O)n1. The van der Waals surface area contributed by atoms with Crippen LogP contribution in [0.15, 0.2) is 23.2 Å². The van der Waals surface area contributed by atoms with Crippen LogP contribution in [0.2, 0.25) is 0 Å². The number of rotatable bonds is 2. The highest BCUT2D eigenvalue weighted by Crippen LogP contribution is 2.03. The van der Waals surface area contributed by atoms with E-state index in [2.05, 4.69) is 4.98 Å². The predicted octanol–water partition coefficient (Wildman–Crippen LogP) is -0.391. The van der Waals surface area contributed by atoms with Crippen LogP contribution in [0.5, 0.6) is 0 Å². The Balaban J connectivity index is 0.00000144. The van der Waals surface area contributed by atoms with E-state index < -0.39 is 10.0 Å². The molecule has 0 unspecified atom stereocenters. The summed E-state index contributed by atoms with van der Waals surface area (Å²) < 4.78 is 21.6. The molecule has 0 saturated carbocycles. The third-order valence-electron chi connectivity index (χ3n) is 1.28. The molecule has 1 aromatic rings. The van der Waals surface area contributed by atoms with Crippen molar-refractivity contribution >= 4 is 22.4 Å². The standard InChI is InChI=1S/C6H9N3O2S.ClH/c7-4-5-2-1-3-6(9-5)12(8,10)11;/h1-3H,4,7H2,(H2,8,10,11);1H. The lowest BCUT2D eigenvalue weighted by atomic mass is 10.4. The highest BCUT2D eigenvalue weighted by atomic mass is 35.5. The molecular formula is C6H10ClN3O2S. The van der Waals surface area contributed by atoms with Crippen LogP contribution in [0.3, 0.4) is 0 Å². The van der Waals surface area contributed by atoms with E-state index in [1.165, 1.54) is 6.07 Å². The number of halogens is 1. The molecular weight excluding hydrogens is 214 g/mol. The van der Waals surface area contributed by atoms with E-state index in [0.29, 0.717) is 5.69 Å². The molecule has 0 saturated heterocycles. The number of aromatic nitrogens is 1. The minimum Gasteiger partial charge on any atom is -0.325 e. The van der Waals surface area contributed by atoms with E-state index in [1.54, 1.807) is 12.1 Å². The van der Waals surface area contributed by atoms with Crippen molar-refractivity contribution in [2.75, 3.05) is 0 Å². The highest BCUT2D eigenvalue weighted by molar-refractivity contribution is 7.89. The van der Waals surface area contributed by atoms with Crippen LogP contribution in [-0.4, -0.2) is 13.4 Å².